The largest absolute Gasteiger partial charge is 0.462 e. The lowest BCUT2D eigenvalue weighted by atomic mass is 9.97. The highest BCUT2D eigenvalue weighted by Gasteiger charge is 2.32. The minimum Gasteiger partial charge on any atom is -0.462 e. The van der Waals surface area contributed by atoms with Gasteiger partial charge < -0.3 is 10.1 Å². The van der Waals surface area contributed by atoms with Crippen molar-refractivity contribution in [2.24, 2.45) is 5.92 Å². The first kappa shape index (κ1) is 23.3. The van der Waals surface area contributed by atoms with Gasteiger partial charge >= 0.3 is 5.97 Å². The zero-order chi connectivity index (χ0) is 23.6. The molecule has 0 bridgehead atoms. The van der Waals surface area contributed by atoms with Crippen molar-refractivity contribution in [1.29, 1.82) is 0 Å². The lowest BCUT2D eigenvalue weighted by Crippen LogP contribution is -2.41. The van der Waals surface area contributed by atoms with Crippen molar-refractivity contribution in [2.75, 3.05) is 25.0 Å². The topological polar surface area (TPSA) is 92.8 Å². The first-order valence-corrected chi connectivity index (χ1v) is 12.8. The number of ether oxygens (including phenoxy) is 1. The van der Waals surface area contributed by atoms with Gasteiger partial charge in [0.25, 0.3) is 0 Å². The van der Waals surface area contributed by atoms with Gasteiger partial charge in [-0.1, -0.05) is 0 Å². The molecule has 0 spiro atoms. The molecule has 1 N–H and O–H groups in total. The number of carbonyl (C=O) groups is 2. The second-order valence-corrected chi connectivity index (χ2v) is 10.7. The summed E-state index contributed by atoms with van der Waals surface area (Å²) in [5.74, 6) is -1.34. The van der Waals surface area contributed by atoms with Gasteiger partial charge in [0.05, 0.1) is 11.5 Å². The monoisotopic (exact) mass is 490 g/mol. The molecule has 10 heteroatoms. The lowest BCUT2D eigenvalue weighted by Gasteiger charge is -2.30. The van der Waals surface area contributed by atoms with E-state index < -0.39 is 16.0 Å². The van der Waals surface area contributed by atoms with Crippen LogP contribution in [0.4, 0.5) is 10.1 Å². The average molecular weight is 491 g/mol. The summed E-state index contributed by atoms with van der Waals surface area (Å²) in [6.45, 7) is 2.44. The third-order valence-electron chi connectivity index (χ3n) is 5.54. The number of carbonyl (C=O) groups excluding carboxylic acids is 2. The van der Waals surface area contributed by atoms with E-state index in [1.165, 1.54) is 46.0 Å². The molecule has 3 aromatic rings. The van der Waals surface area contributed by atoms with Crippen molar-refractivity contribution in [1.82, 2.24) is 4.31 Å². The number of sulfonamides is 1. The maximum atomic E-state index is 13.2. The number of piperidine rings is 1. The van der Waals surface area contributed by atoms with Crippen LogP contribution in [0.2, 0.25) is 0 Å². The van der Waals surface area contributed by atoms with E-state index >= 15 is 0 Å². The van der Waals surface area contributed by atoms with Crippen LogP contribution >= 0.6 is 11.3 Å². The second-order valence-electron chi connectivity index (χ2n) is 7.71. The average Bonchev–Trinajstić information content (AvgIpc) is 3.24. The molecule has 1 aliphatic heterocycles. The molecule has 0 atom stereocenters. The zero-order valence-electron chi connectivity index (χ0n) is 17.9. The number of hydrogen-bond donors (Lipinski definition) is 1. The molecule has 0 saturated carbocycles. The van der Waals surface area contributed by atoms with Crippen molar-refractivity contribution < 1.29 is 27.1 Å². The van der Waals surface area contributed by atoms with E-state index in [-0.39, 0.29) is 42.2 Å². The molecule has 2 aromatic carbocycles. The van der Waals surface area contributed by atoms with Gasteiger partial charge in [-0.3, -0.25) is 4.79 Å². The van der Waals surface area contributed by atoms with E-state index in [4.69, 9.17) is 4.74 Å². The molecule has 4 rings (SSSR count). The third kappa shape index (κ3) is 5.07. The normalized spacial score (nSPS) is 15.5. The van der Waals surface area contributed by atoms with Crippen LogP contribution in [0.5, 0.6) is 0 Å². The van der Waals surface area contributed by atoms with Crippen LogP contribution in [0.3, 0.4) is 0 Å². The van der Waals surface area contributed by atoms with Gasteiger partial charge in [0.1, 0.15) is 10.7 Å². The predicted molar refractivity (Wildman–Crippen MR) is 124 cm³/mol. The van der Waals surface area contributed by atoms with Gasteiger partial charge in [-0.15, -0.1) is 11.3 Å². The summed E-state index contributed by atoms with van der Waals surface area (Å²) < 4.78 is 46.6. The maximum Gasteiger partial charge on any atom is 0.348 e. The smallest absolute Gasteiger partial charge is 0.348 e. The summed E-state index contributed by atoms with van der Waals surface area (Å²) in [5.41, 5.74) is 0.503. The first-order chi connectivity index (χ1) is 15.8. The Bertz CT molecular complexity index is 1280. The number of fused-ring (bicyclic) bond motifs is 1. The molecule has 0 aliphatic carbocycles. The number of anilines is 1. The zero-order valence-corrected chi connectivity index (χ0v) is 19.5. The summed E-state index contributed by atoms with van der Waals surface area (Å²) in [4.78, 5) is 25.1. The Morgan fingerprint density at radius 3 is 2.48 bits per heavy atom. The van der Waals surface area contributed by atoms with Gasteiger partial charge in [0.2, 0.25) is 15.9 Å². The van der Waals surface area contributed by atoms with Crippen molar-refractivity contribution in [2.45, 2.75) is 24.7 Å². The Kier molecular flexibility index (Phi) is 6.78. The third-order valence-corrected chi connectivity index (χ3v) is 8.53. The molecular weight excluding hydrogens is 467 g/mol. The Balaban J connectivity index is 1.43. The highest BCUT2D eigenvalue weighted by Crippen LogP contribution is 2.31. The number of benzene rings is 2. The molecule has 1 aliphatic rings. The van der Waals surface area contributed by atoms with E-state index in [1.54, 1.807) is 25.1 Å². The molecular formula is C23H23FN2O5S2. The summed E-state index contributed by atoms with van der Waals surface area (Å²) in [6, 6.07) is 12.0. The van der Waals surface area contributed by atoms with Crippen LogP contribution in [0.1, 0.15) is 29.4 Å². The number of thiophene rings is 1. The minimum atomic E-state index is -3.74. The van der Waals surface area contributed by atoms with Crippen LogP contribution in [0, 0.1) is 11.7 Å². The number of hydrogen-bond acceptors (Lipinski definition) is 6. The van der Waals surface area contributed by atoms with Crippen molar-refractivity contribution in [3.63, 3.8) is 0 Å². The lowest BCUT2D eigenvalue weighted by molar-refractivity contribution is -0.120. The highest BCUT2D eigenvalue weighted by atomic mass is 32.2. The number of rotatable bonds is 6. The number of halogens is 1. The van der Waals surface area contributed by atoms with Crippen LogP contribution in [-0.2, 0) is 19.6 Å². The van der Waals surface area contributed by atoms with E-state index in [2.05, 4.69) is 5.32 Å². The van der Waals surface area contributed by atoms with Gasteiger partial charge in [-0.2, -0.15) is 4.31 Å². The Morgan fingerprint density at radius 1 is 1.12 bits per heavy atom. The molecule has 1 aromatic heterocycles. The number of nitrogens with one attached hydrogen (secondary N) is 1. The molecule has 1 fully saturated rings. The molecule has 33 heavy (non-hydrogen) atoms. The van der Waals surface area contributed by atoms with Crippen LogP contribution in [0.15, 0.2) is 53.4 Å². The molecule has 174 valence electrons. The minimum absolute atomic E-state index is 0.150. The molecule has 2 heterocycles. The highest BCUT2D eigenvalue weighted by molar-refractivity contribution is 7.89. The molecule has 0 radical (unpaired) electrons. The quantitative estimate of drug-likeness (QED) is 0.522. The summed E-state index contributed by atoms with van der Waals surface area (Å²) in [5, 5.41) is 3.42. The maximum absolute atomic E-state index is 13.2. The molecule has 1 amide bonds. The fourth-order valence-electron chi connectivity index (χ4n) is 3.77. The fraction of sp³-hybridized carbons (Fsp3) is 0.304. The van der Waals surface area contributed by atoms with Gasteiger partial charge in [0, 0.05) is 29.4 Å². The van der Waals surface area contributed by atoms with Crippen molar-refractivity contribution >= 4 is 49.0 Å². The fourth-order valence-corrected chi connectivity index (χ4v) is 6.21. The summed E-state index contributed by atoms with van der Waals surface area (Å²) >= 11 is 1.26. The second kappa shape index (κ2) is 9.58. The Labute approximate surface area is 195 Å². The van der Waals surface area contributed by atoms with Crippen LogP contribution in [0.25, 0.3) is 10.1 Å². The van der Waals surface area contributed by atoms with Crippen LogP contribution in [-0.4, -0.2) is 44.3 Å². The summed E-state index contributed by atoms with van der Waals surface area (Å²) in [6.07, 6.45) is 0.778. The SMILES string of the molecule is CCOC(=O)c1cc2cc(S(=O)(=O)N3CCC(C(=O)Nc4ccc(F)cc4)CC3)ccc2s1. The predicted octanol–water partition coefficient (Wildman–Crippen LogP) is 4.26. The van der Waals surface area contributed by atoms with Crippen molar-refractivity contribution in [3.8, 4) is 0 Å². The number of nitrogens with zero attached hydrogens (tertiary/aromatic N) is 1. The Morgan fingerprint density at radius 2 is 1.82 bits per heavy atom. The number of amides is 1. The molecule has 1 saturated heterocycles. The van der Waals surface area contributed by atoms with E-state index in [0.717, 1.165) is 4.70 Å². The van der Waals surface area contributed by atoms with E-state index in [0.29, 0.717) is 28.8 Å². The number of esters is 1. The molecule has 7 nitrogen and oxygen atoms in total. The van der Waals surface area contributed by atoms with E-state index in [1.807, 2.05) is 0 Å². The summed E-state index contributed by atoms with van der Waals surface area (Å²) in [7, 11) is -3.74. The van der Waals surface area contributed by atoms with Gasteiger partial charge in [-0.25, -0.2) is 17.6 Å². The van der Waals surface area contributed by atoms with Crippen LogP contribution < -0.4 is 5.32 Å². The first-order valence-electron chi connectivity index (χ1n) is 10.5. The molecule has 0 unspecified atom stereocenters. The van der Waals surface area contributed by atoms with Crippen molar-refractivity contribution in [3.05, 3.63) is 59.2 Å². The van der Waals surface area contributed by atoms with Gasteiger partial charge in [0.15, 0.2) is 0 Å². The van der Waals surface area contributed by atoms with E-state index in [9.17, 15) is 22.4 Å². The Hall–Kier alpha value is -2.82. The standard InChI is InChI=1S/C23H23FN2O5S2/c1-2-31-23(28)21-14-16-13-19(7-8-20(16)32-21)33(29,30)26-11-9-15(10-12-26)22(27)25-18-5-3-17(24)4-6-18/h3-8,13-15H,2,9-12H2,1H3,(H,25,27). The van der Waals surface area contributed by atoms with Gasteiger partial charge in [-0.05, 0) is 73.7 Å².